The first-order valence-corrected chi connectivity index (χ1v) is 4.74. The van der Waals surface area contributed by atoms with Gasteiger partial charge in [0.15, 0.2) is 11.9 Å². The van der Waals surface area contributed by atoms with E-state index in [1.165, 1.54) is 13.0 Å². The number of unbranched alkanes of at least 4 members (excludes halogenated alkanes) is 1. The van der Waals surface area contributed by atoms with Crippen LogP contribution in [0, 0.1) is 0 Å². The third-order valence-corrected chi connectivity index (χ3v) is 1.92. The molecule has 0 N–H and O–H groups in total. The highest BCUT2D eigenvalue weighted by atomic mass is 16.6. The van der Waals surface area contributed by atoms with Gasteiger partial charge in [0.1, 0.15) is 0 Å². The Kier molecular flexibility index (Phi) is 3.68. The molecule has 0 saturated carbocycles. The molecule has 1 aliphatic heterocycles. The van der Waals surface area contributed by atoms with E-state index in [1.807, 2.05) is 6.92 Å². The average molecular weight is 198 g/mol. The Morgan fingerprint density at radius 1 is 1.64 bits per heavy atom. The summed E-state index contributed by atoms with van der Waals surface area (Å²) in [5.74, 6) is -0.505. The van der Waals surface area contributed by atoms with Crippen LogP contribution in [0.15, 0.2) is 11.8 Å². The molecule has 0 unspecified atom stereocenters. The lowest BCUT2D eigenvalue weighted by Crippen LogP contribution is -2.15. The first kappa shape index (κ1) is 10.8. The van der Waals surface area contributed by atoms with Crippen LogP contribution >= 0.6 is 0 Å². The molecule has 0 amide bonds. The highest BCUT2D eigenvalue weighted by Gasteiger charge is 2.28. The van der Waals surface area contributed by atoms with Gasteiger partial charge in [-0.2, -0.15) is 0 Å². The summed E-state index contributed by atoms with van der Waals surface area (Å²) in [7, 11) is 0. The largest absolute Gasteiger partial charge is 0.451 e. The number of cyclic esters (lactones) is 1. The zero-order valence-corrected chi connectivity index (χ0v) is 8.41. The maximum absolute atomic E-state index is 10.9. The van der Waals surface area contributed by atoms with Crippen molar-refractivity contribution in [3.05, 3.63) is 11.8 Å². The highest BCUT2D eigenvalue weighted by Crippen LogP contribution is 2.21. The number of carbonyl (C=O) groups excluding carboxylic acids is 2. The van der Waals surface area contributed by atoms with E-state index in [2.05, 4.69) is 0 Å². The van der Waals surface area contributed by atoms with Crippen LogP contribution in [-0.4, -0.2) is 18.0 Å². The van der Waals surface area contributed by atoms with Gasteiger partial charge in [0.2, 0.25) is 0 Å². The van der Waals surface area contributed by atoms with Gasteiger partial charge in [0.25, 0.3) is 0 Å². The Morgan fingerprint density at radius 3 is 2.93 bits per heavy atom. The molecule has 1 aliphatic rings. The second kappa shape index (κ2) is 4.79. The maximum atomic E-state index is 10.9. The number of ether oxygens (including phenoxy) is 2. The van der Waals surface area contributed by atoms with E-state index in [4.69, 9.17) is 9.47 Å². The van der Waals surface area contributed by atoms with Crippen LogP contribution in [0.3, 0.4) is 0 Å². The zero-order valence-electron chi connectivity index (χ0n) is 8.41. The fraction of sp³-hybridized carbons (Fsp3) is 0.600. The summed E-state index contributed by atoms with van der Waals surface area (Å²) in [5, 5.41) is 0. The van der Waals surface area contributed by atoms with Gasteiger partial charge in [-0.15, -0.1) is 0 Å². The van der Waals surface area contributed by atoms with E-state index in [9.17, 15) is 9.59 Å². The lowest BCUT2D eigenvalue weighted by Gasteiger charge is -2.12. The summed E-state index contributed by atoms with van der Waals surface area (Å²) < 4.78 is 9.84. The molecule has 4 heteroatoms. The summed E-state index contributed by atoms with van der Waals surface area (Å²) in [6.07, 6.45) is 3.53. The monoisotopic (exact) mass is 198 g/mol. The van der Waals surface area contributed by atoms with Crippen molar-refractivity contribution in [2.45, 2.75) is 39.2 Å². The third-order valence-electron chi connectivity index (χ3n) is 1.92. The van der Waals surface area contributed by atoms with Gasteiger partial charge in [-0.3, -0.25) is 4.79 Å². The molecule has 0 aromatic heterocycles. The highest BCUT2D eigenvalue weighted by molar-refractivity contribution is 5.86. The molecule has 0 saturated heterocycles. The average Bonchev–Trinajstić information content (AvgIpc) is 2.41. The van der Waals surface area contributed by atoms with Gasteiger partial charge >= 0.3 is 11.9 Å². The van der Waals surface area contributed by atoms with Gasteiger partial charge in [0.05, 0.1) is 6.08 Å². The van der Waals surface area contributed by atoms with E-state index in [0.717, 1.165) is 12.8 Å². The van der Waals surface area contributed by atoms with Crippen molar-refractivity contribution in [3.8, 4) is 0 Å². The van der Waals surface area contributed by atoms with Gasteiger partial charge in [-0.25, -0.2) is 4.79 Å². The third kappa shape index (κ3) is 2.87. The Hall–Kier alpha value is -1.32. The number of rotatable bonds is 4. The summed E-state index contributed by atoms with van der Waals surface area (Å²) in [6.45, 7) is 3.35. The molecule has 1 heterocycles. The molecule has 0 aromatic rings. The fourth-order valence-corrected chi connectivity index (χ4v) is 1.29. The minimum Gasteiger partial charge on any atom is -0.451 e. The van der Waals surface area contributed by atoms with E-state index >= 15 is 0 Å². The molecular weight excluding hydrogens is 184 g/mol. The summed E-state index contributed by atoms with van der Waals surface area (Å²) >= 11 is 0. The zero-order chi connectivity index (χ0) is 10.6. The summed E-state index contributed by atoms with van der Waals surface area (Å²) in [6, 6.07) is 0. The van der Waals surface area contributed by atoms with Crippen molar-refractivity contribution in [1.82, 2.24) is 0 Å². The lowest BCUT2D eigenvalue weighted by atomic mass is 10.1. The van der Waals surface area contributed by atoms with Gasteiger partial charge in [0, 0.05) is 6.92 Å². The van der Waals surface area contributed by atoms with Crippen molar-refractivity contribution in [1.29, 1.82) is 0 Å². The Morgan fingerprint density at radius 2 is 2.36 bits per heavy atom. The quantitative estimate of drug-likeness (QED) is 0.643. The molecule has 0 radical (unpaired) electrons. The van der Waals surface area contributed by atoms with E-state index < -0.39 is 11.9 Å². The van der Waals surface area contributed by atoms with Crippen LogP contribution < -0.4 is 0 Å². The molecule has 0 fully saturated rings. The van der Waals surface area contributed by atoms with Crippen molar-refractivity contribution >= 4 is 11.9 Å². The molecule has 1 rings (SSSR count). The van der Waals surface area contributed by atoms with Gasteiger partial charge in [-0.05, 0) is 12.8 Å². The maximum Gasteiger partial charge on any atom is 0.335 e. The van der Waals surface area contributed by atoms with Crippen molar-refractivity contribution in [2.24, 2.45) is 0 Å². The molecule has 78 valence electrons. The Bertz CT molecular complexity index is 267. The molecule has 0 spiro atoms. The second-order valence-corrected chi connectivity index (χ2v) is 3.21. The fourth-order valence-electron chi connectivity index (χ4n) is 1.29. The SMILES string of the molecule is CCCC[C@H]1OC(=O)C=C1OC(C)=O. The standard InChI is InChI=1S/C10H14O4/c1-3-4-5-8-9(13-7(2)11)6-10(12)14-8/h6,8H,3-5H2,1-2H3/t8-/m1/s1. The minimum atomic E-state index is -0.428. The number of carbonyl (C=O) groups is 2. The van der Waals surface area contributed by atoms with Crippen LogP contribution in [0.5, 0.6) is 0 Å². The summed E-state index contributed by atoms with van der Waals surface area (Å²) in [4.78, 5) is 21.6. The minimum absolute atomic E-state index is 0.343. The first-order chi connectivity index (χ1) is 6.63. The van der Waals surface area contributed by atoms with Crippen LogP contribution in [0.25, 0.3) is 0 Å². The molecule has 4 nitrogen and oxygen atoms in total. The topological polar surface area (TPSA) is 52.6 Å². The first-order valence-electron chi connectivity index (χ1n) is 4.74. The molecular formula is C10H14O4. The van der Waals surface area contributed by atoms with Crippen LogP contribution in [0.4, 0.5) is 0 Å². The lowest BCUT2D eigenvalue weighted by molar-refractivity contribution is -0.143. The van der Waals surface area contributed by atoms with Crippen molar-refractivity contribution in [3.63, 3.8) is 0 Å². The Labute approximate surface area is 82.9 Å². The van der Waals surface area contributed by atoms with Crippen molar-refractivity contribution < 1.29 is 19.1 Å². The van der Waals surface area contributed by atoms with Crippen molar-refractivity contribution in [2.75, 3.05) is 0 Å². The molecule has 0 aliphatic carbocycles. The number of esters is 2. The smallest absolute Gasteiger partial charge is 0.335 e. The Balaban J connectivity index is 2.54. The van der Waals surface area contributed by atoms with E-state index in [1.54, 1.807) is 0 Å². The van der Waals surface area contributed by atoms with E-state index in [0.29, 0.717) is 12.2 Å². The molecule has 0 bridgehead atoms. The predicted molar refractivity (Wildman–Crippen MR) is 49.3 cm³/mol. The number of hydrogen-bond acceptors (Lipinski definition) is 4. The van der Waals surface area contributed by atoms with E-state index in [-0.39, 0.29) is 6.10 Å². The molecule has 14 heavy (non-hydrogen) atoms. The molecule has 0 aromatic carbocycles. The summed E-state index contributed by atoms with van der Waals surface area (Å²) in [5.41, 5.74) is 0. The van der Waals surface area contributed by atoms with Crippen LogP contribution in [-0.2, 0) is 19.1 Å². The van der Waals surface area contributed by atoms with Crippen LogP contribution in [0.1, 0.15) is 33.1 Å². The van der Waals surface area contributed by atoms with Gasteiger partial charge in [-0.1, -0.05) is 13.3 Å². The predicted octanol–water partition coefficient (Wildman–Crippen LogP) is 1.55. The molecule has 1 atom stereocenters. The normalized spacial score (nSPS) is 20.3. The van der Waals surface area contributed by atoms with Crippen LogP contribution in [0.2, 0.25) is 0 Å². The second-order valence-electron chi connectivity index (χ2n) is 3.21. The van der Waals surface area contributed by atoms with Gasteiger partial charge < -0.3 is 9.47 Å². The number of hydrogen-bond donors (Lipinski definition) is 0.